The van der Waals surface area contributed by atoms with E-state index in [4.69, 9.17) is 25.6 Å². The summed E-state index contributed by atoms with van der Waals surface area (Å²) in [5.41, 5.74) is -0.496. The number of aromatic carboxylic acids is 1. The van der Waals surface area contributed by atoms with Crippen LogP contribution >= 0.6 is 0 Å². The Balaban J connectivity index is 3.25. The molecular weight excluding hydrogens is 260 g/mol. The van der Waals surface area contributed by atoms with Crippen LogP contribution in [0.15, 0.2) is 29.5 Å². The predicted octanol–water partition coefficient (Wildman–Crippen LogP) is 1.63. The van der Waals surface area contributed by atoms with E-state index in [2.05, 4.69) is 5.32 Å². The Bertz CT molecular complexity index is 686. The molecule has 0 heterocycles. The van der Waals surface area contributed by atoms with E-state index in [1.54, 1.807) is 18.2 Å². The van der Waals surface area contributed by atoms with Gasteiger partial charge in [0.25, 0.3) is 0 Å². The van der Waals surface area contributed by atoms with Crippen molar-refractivity contribution >= 4 is 11.7 Å². The molecule has 2 N–H and O–H groups in total. The minimum Gasteiger partial charge on any atom is -0.496 e. The number of allylic oxidation sites excluding steroid dienone is 2. The van der Waals surface area contributed by atoms with Gasteiger partial charge < -0.3 is 15.2 Å². The summed E-state index contributed by atoms with van der Waals surface area (Å²) < 4.78 is 4.89. The molecule has 0 aliphatic heterocycles. The molecule has 0 saturated heterocycles. The molecule has 20 heavy (non-hydrogen) atoms. The molecule has 1 aromatic carbocycles. The van der Waals surface area contributed by atoms with Crippen molar-refractivity contribution in [1.82, 2.24) is 0 Å². The highest BCUT2D eigenvalue weighted by atomic mass is 16.5. The number of ether oxygens (including phenoxy) is 1. The van der Waals surface area contributed by atoms with Gasteiger partial charge in [-0.1, -0.05) is 0 Å². The van der Waals surface area contributed by atoms with Crippen LogP contribution in [0.25, 0.3) is 0 Å². The molecule has 0 saturated carbocycles. The maximum absolute atomic E-state index is 11.0. The lowest BCUT2D eigenvalue weighted by atomic mass is 10.1. The lowest BCUT2D eigenvalue weighted by Gasteiger charge is -2.09. The Hall–Kier alpha value is -3.50. The molecule has 0 atom stereocenters. The van der Waals surface area contributed by atoms with Crippen molar-refractivity contribution in [2.24, 2.45) is 0 Å². The van der Waals surface area contributed by atoms with Crippen LogP contribution in [0.1, 0.15) is 10.4 Å². The largest absolute Gasteiger partial charge is 0.496 e. The maximum Gasteiger partial charge on any atom is 0.339 e. The molecule has 0 fully saturated rings. The molecule has 0 amide bonds. The van der Waals surface area contributed by atoms with Crippen molar-refractivity contribution in [3.8, 4) is 24.0 Å². The minimum absolute atomic E-state index is 0.106. The van der Waals surface area contributed by atoms with Crippen LogP contribution in [0.4, 0.5) is 5.69 Å². The highest BCUT2D eigenvalue weighted by Gasteiger charge is 2.13. The number of carboxylic acid groups (broad SMARTS) is 1. The second-order valence-corrected chi connectivity index (χ2v) is 3.43. The van der Waals surface area contributed by atoms with Crippen LogP contribution in [-0.4, -0.2) is 18.2 Å². The van der Waals surface area contributed by atoms with Gasteiger partial charge in [-0.3, -0.25) is 0 Å². The van der Waals surface area contributed by atoms with Crippen molar-refractivity contribution in [1.29, 1.82) is 15.8 Å². The van der Waals surface area contributed by atoms with Crippen molar-refractivity contribution in [3.05, 3.63) is 35.0 Å². The first-order chi connectivity index (χ1) is 9.57. The fourth-order valence-corrected chi connectivity index (χ4v) is 1.38. The Labute approximate surface area is 114 Å². The molecular formula is C13H8N4O3. The first-order valence-electron chi connectivity index (χ1n) is 5.20. The number of benzene rings is 1. The van der Waals surface area contributed by atoms with Crippen molar-refractivity contribution < 1.29 is 14.6 Å². The van der Waals surface area contributed by atoms with E-state index >= 15 is 0 Å². The lowest BCUT2D eigenvalue weighted by molar-refractivity contribution is 0.0693. The molecule has 1 rings (SSSR count). The van der Waals surface area contributed by atoms with E-state index in [9.17, 15) is 4.79 Å². The van der Waals surface area contributed by atoms with Crippen LogP contribution in [0.2, 0.25) is 0 Å². The average molecular weight is 268 g/mol. The van der Waals surface area contributed by atoms with Gasteiger partial charge >= 0.3 is 5.97 Å². The first kappa shape index (κ1) is 14.6. The van der Waals surface area contributed by atoms with Gasteiger partial charge in [-0.2, -0.15) is 15.8 Å². The number of hydrogen-bond acceptors (Lipinski definition) is 6. The number of carbonyl (C=O) groups is 1. The normalized spacial score (nSPS) is 8.50. The van der Waals surface area contributed by atoms with Crippen LogP contribution in [0.3, 0.4) is 0 Å². The molecule has 0 bridgehead atoms. The van der Waals surface area contributed by atoms with Crippen molar-refractivity contribution in [2.45, 2.75) is 0 Å². The third kappa shape index (κ3) is 3.04. The Kier molecular flexibility index (Phi) is 4.69. The molecule has 98 valence electrons. The monoisotopic (exact) mass is 268 g/mol. The highest BCUT2D eigenvalue weighted by Crippen LogP contribution is 2.23. The number of anilines is 1. The number of nitrogens with zero attached hydrogens (tertiary/aromatic N) is 3. The SMILES string of the molecule is COc1ccc(NC(C#N)=C(C#N)C#N)cc1C(=O)O. The number of hydrogen-bond donors (Lipinski definition) is 2. The number of methoxy groups -OCH3 is 1. The van der Waals surface area contributed by atoms with Gasteiger partial charge in [0.1, 0.15) is 35.2 Å². The molecule has 0 aromatic heterocycles. The van der Waals surface area contributed by atoms with Gasteiger partial charge in [0.15, 0.2) is 5.57 Å². The van der Waals surface area contributed by atoms with E-state index < -0.39 is 5.97 Å². The predicted molar refractivity (Wildman–Crippen MR) is 67.4 cm³/mol. The van der Waals surface area contributed by atoms with Crippen molar-refractivity contribution in [3.63, 3.8) is 0 Å². The number of nitrogens with one attached hydrogen (secondary N) is 1. The second kappa shape index (κ2) is 6.44. The number of nitriles is 3. The Morgan fingerprint density at radius 2 is 1.90 bits per heavy atom. The maximum atomic E-state index is 11.0. The third-order valence-corrected chi connectivity index (χ3v) is 2.28. The second-order valence-electron chi connectivity index (χ2n) is 3.43. The Morgan fingerprint density at radius 1 is 1.25 bits per heavy atom. The van der Waals surface area contributed by atoms with Crippen LogP contribution in [0, 0.1) is 34.0 Å². The summed E-state index contributed by atoms with van der Waals surface area (Å²) >= 11 is 0. The van der Waals surface area contributed by atoms with E-state index in [-0.39, 0.29) is 28.3 Å². The quantitative estimate of drug-likeness (QED) is 0.793. The average Bonchev–Trinajstić information content (AvgIpc) is 2.47. The summed E-state index contributed by atoms with van der Waals surface area (Å²) in [5, 5.41) is 37.8. The zero-order valence-corrected chi connectivity index (χ0v) is 10.3. The molecule has 7 nitrogen and oxygen atoms in total. The van der Waals surface area contributed by atoms with Crippen molar-refractivity contribution in [2.75, 3.05) is 12.4 Å². The third-order valence-electron chi connectivity index (χ3n) is 2.28. The summed E-state index contributed by atoms with van der Waals surface area (Å²) in [5.74, 6) is -1.04. The van der Waals surface area contributed by atoms with E-state index in [0.29, 0.717) is 0 Å². The standard InChI is InChI=1S/C13H8N4O3/c1-20-12-3-2-9(4-10(12)13(18)19)17-11(7-16)8(5-14)6-15/h2-4,17H,1H3,(H,18,19). The molecule has 0 unspecified atom stereocenters. The topological polar surface area (TPSA) is 130 Å². The number of rotatable bonds is 4. The van der Waals surface area contributed by atoms with Gasteiger partial charge in [-0.25, -0.2) is 4.79 Å². The van der Waals surface area contributed by atoms with Gasteiger partial charge in [0.2, 0.25) is 0 Å². The summed E-state index contributed by atoms with van der Waals surface area (Å²) in [6.45, 7) is 0. The fraction of sp³-hybridized carbons (Fsp3) is 0.0769. The van der Waals surface area contributed by atoms with E-state index in [1.807, 2.05) is 0 Å². The Morgan fingerprint density at radius 3 is 2.35 bits per heavy atom. The molecule has 0 aliphatic rings. The summed E-state index contributed by atoms with van der Waals surface area (Å²) in [4.78, 5) is 11.0. The lowest BCUT2D eigenvalue weighted by Crippen LogP contribution is -2.04. The smallest absolute Gasteiger partial charge is 0.339 e. The van der Waals surface area contributed by atoms with Crippen LogP contribution < -0.4 is 10.1 Å². The van der Waals surface area contributed by atoms with Gasteiger partial charge in [-0.05, 0) is 18.2 Å². The summed E-state index contributed by atoms with van der Waals surface area (Å²) in [6.07, 6.45) is 0. The molecule has 0 aliphatic carbocycles. The fourth-order valence-electron chi connectivity index (χ4n) is 1.38. The van der Waals surface area contributed by atoms with Gasteiger partial charge in [-0.15, -0.1) is 0 Å². The molecule has 0 spiro atoms. The van der Waals surface area contributed by atoms with E-state index in [1.165, 1.54) is 25.3 Å². The van der Waals surface area contributed by atoms with E-state index in [0.717, 1.165) is 0 Å². The number of carboxylic acids is 1. The summed E-state index contributed by atoms with van der Waals surface area (Å²) in [7, 11) is 1.33. The minimum atomic E-state index is -1.20. The van der Waals surface area contributed by atoms with Crippen LogP contribution in [-0.2, 0) is 0 Å². The van der Waals surface area contributed by atoms with Gasteiger partial charge in [0.05, 0.1) is 7.11 Å². The summed E-state index contributed by atoms with van der Waals surface area (Å²) in [6, 6.07) is 8.94. The van der Waals surface area contributed by atoms with Crippen LogP contribution in [0.5, 0.6) is 5.75 Å². The zero-order chi connectivity index (χ0) is 15.1. The van der Waals surface area contributed by atoms with Gasteiger partial charge in [0, 0.05) is 5.69 Å². The zero-order valence-electron chi connectivity index (χ0n) is 10.3. The molecule has 0 radical (unpaired) electrons. The first-order valence-corrected chi connectivity index (χ1v) is 5.20. The highest BCUT2D eigenvalue weighted by molar-refractivity contribution is 5.92. The molecule has 7 heteroatoms. The molecule has 1 aromatic rings.